The minimum atomic E-state index is -0.445. The van der Waals surface area contributed by atoms with E-state index in [0.717, 1.165) is 32.4 Å². The molecule has 1 aliphatic heterocycles. The summed E-state index contributed by atoms with van der Waals surface area (Å²) in [6, 6.07) is 0.503. The van der Waals surface area contributed by atoms with Gasteiger partial charge in [-0.2, -0.15) is 0 Å². The van der Waals surface area contributed by atoms with Gasteiger partial charge in [0, 0.05) is 26.2 Å². The van der Waals surface area contributed by atoms with Gasteiger partial charge in [0.2, 0.25) is 0 Å². The molecule has 3 atom stereocenters. The van der Waals surface area contributed by atoms with Crippen molar-refractivity contribution in [2.45, 2.75) is 78.0 Å². The summed E-state index contributed by atoms with van der Waals surface area (Å²) in [6.45, 7) is 14.6. The molecule has 5 nitrogen and oxygen atoms in total. The van der Waals surface area contributed by atoms with E-state index in [9.17, 15) is 4.79 Å². The van der Waals surface area contributed by atoms with Gasteiger partial charge in [-0.3, -0.25) is 0 Å². The molecule has 0 radical (unpaired) electrons. The molecule has 0 aromatic rings. The van der Waals surface area contributed by atoms with Gasteiger partial charge in [-0.05, 0) is 59.4 Å². The number of amides is 1. The fourth-order valence-corrected chi connectivity index (χ4v) is 2.86. The minimum Gasteiger partial charge on any atom is -0.444 e. The molecule has 3 unspecified atom stereocenters. The number of hydrogen-bond donors (Lipinski definition) is 1. The van der Waals surface area contributed by atoms with Crippen LogP contribution in [-0.4, -0.2) is 55.0 Å². The summed E-state index contributed by atoms with van der Waals surface area (Å²) in [6.07, 6.45) is 2.90. The van der Waals surface area contributed by atoms with E-state index in [-0.39, 0.29) is 11.7 Å². The molecule has 1 rings (SSSR count). The number of hydrogen-bond acceptors (Lipinski definition) is 4. The monoisotopic (exact) mass is 328 g/mol. The maximum absolute atomic E-state index is 12.0. The van der Waals surface area contributed by atoms with Crippen molar-refractivity contribution in [3.05, 3.63) is 0 Å². The Labute approximate surface area is 142 Å². The molecule has 0 aliphatic carbocycles. The van der Waals surface area contributed by atoms with Crippen molar-refractivity contribution in [1.82, 2.24) is 10.2 Å². The molecule has 0 aromatic carbocycles. The van der Waals surface area contributed by atoms with E-state index in [0.29, 0.717) is 18.5 Å². The average molecular weight is 328 g/mol. The standard InChI is InChI=1S/C18H36N2O3/c1-8-18(6)11-15(9-10-22-18)19-12-14(2)13-20(7)16(21)23-17(3,4)5/h14-15,19H,8-13H2,1-7H3. The third-order valence-electron chi connectivity index (χ3n) is 4.39. The van der Waals surface area contributed by atoms with Crippen molar-refractivity contribution in [1.29, 1.82) is 0 Å². The summed E-state index contributed by atoms with van der Waals surface area (Å²) in [5.41, 5.74) is -0.438. The number of rotatable bonds is 6. The van der Waals surface area contributed by atoms with E-state index >= 15 is 0 Å². The third kappa shape index (κ3) is 7.53. The van der Waals surface area contributed by atoms with Crippen molar-refractivity contribution < 1.29 is 14.3 Å². The maximum atomic E-state index is 12.0. The predicted octanol–water partition coefficient (Wildman–Crippen LogP) is 3.43. The van der Waals surface area contributed by atoms with Gasteiger partial charge in [-0.1, -0.05) is 13.8 Å². The molecule has 0 spiro atoms. The molecule has 1 aliphatic rings. The van der Waals surface area contributed by atoms with Gasteiger partial charge in [0.1, 0.15) is 5.60 Å². The molecular weight excluding hydrogens is 292 g/mol. The van der Waals surface area contributed by atoms with Gasteiger partial charge in [-0.25, -0.2) is 4.79 Å². The van der Waals surface area contributed by atoms with Gasteiger partial charge < -0.3 is 19.7 Å². The van der Waals surface area contributed by atoms with Crippen LogP contribution in [0.3, 0.4) is 0 Å². The van der Waals surface area contributed by atoms with E-state index in [4.69, 9.17) is 9.47 Å². The number of ether oxygens (including phenoxy) is 2. The summed E-state index contributed by atoms with van der Waals surface area (Å²) in [5.74, 6) is 0.378. The summed E-state index contributed by atoms with van der Waals surface area (Å²) in [4.78, 5) is 13.7. The van der Waals surface area contributed by atoms with Crippen LogP contribution >= 0.6 is 0 Å². The minimum absolute atomic E-state index is 0.00641. The Bertz CT molecular complexity index is 381. The van der Waals surface area contributed by atoms with Crippen molar-refractivity contribution in [3.63, 3.8) is 0 Å². The van der Waals surface area contributed by atoms with E-state index < -0.39 is 5.60 Å². The molecule has 0 saturated carbocycles. The lowest BCUT2D eigenvalue weighted by Gasteiger charge is -2.38. The Morgan fingerprint density at radius 2 is 2.13 bits per heavy atom. The summed E-state index contributed by atoms with van der Waals surface area (Å²) in [7, 11) is 1.80. The largest absolute Gasteiger partial charge is 0.444 e. The summed E-state index contributed by atoms with van der Waals surface area (Å²) >= 11 is 0. The van der Waals surface area contributed by atoms with Crippen LogP contribution in [0, 0.1) is 5.92 Å². The first-order chi connectivity index (χ1) is 10.5. The first-order valence-electron chi connectivity index (χ1n) is 8.86. The molecule has 0 bridgehead atoms. The van der Waals surface area contributed by atoms with Gasteiger partial charge in [-0.15, -0.1) is 0 Å². The second-order valence-corrected chi connectivity index (χ2v) is 8.22. The van der Waals surface area contributed by atoms with E-state index in [1.165, 1.54) is 0 Å². The second kappa shape index (κ2) is 8.34. The lowest BCUT2D eigenvalue weighted by molar-refractivity contribution is -0.0782. The predicted molar refractivity (Wildman–Crippen MR) is 93.7 cm³/mol. The topological polar surface area (TPSA) is 50.8 Å². The summed E-state index contributed by atoms with van der Waals surface area (Å²) < 4.78 is 11.3. The summed E-state index contributed by atoms with van der Waals surface area (Å²) in [5, 5.41) is 3.64. The highest BCUT2D eigenvalue weighted by molar-refractivity contribution is 5.67. The smallest absolute Gasteiger partial charge is 0.410 e. The van der Waals surface area contributed by atoms with Crippen LogP contribution in [0.1, 0.15) is 60.8 Å². The lowest BCUT2D eigenvalue weighted by Crippen LogP contribution is -2.47. The van der Waals surface area contributed by atoms with Crippen LogP contribution in [0.2, 0.25) is 0 Å². The van der Waals surface area contributed by atoms with Crippen molar-refractivity contribution in [3.8, 4) is 0 Å². The Morgan fingerprint density at radius 1 is 1.48 bits per heavy atom. The highest BCUT2D eigenvalue weighted by Crippen LogP contribution is 2.27. The Hall–Kier alpha value is -0.810. The Morgan fingerprint density at radius 3 is 2.70 bits per heavy atom. The fraction of sp³-hybridized carbons (Fsp3) is 0.944. The highest BCUT2D eigenvalue weighted by atomic mass is 16.6. The van der Waals surface area contributed by atoms with Crippen molar-refractivity contribution >= 4 is 6.09 Å². The molecule has 1 N–H and O–H groups in total. The van der Waals surface area contributed by atoms with E-state index in [1.807, 2.05) is 20.8 Å². The lowest BCUT2D eigenvalue weighted by atomic mass is 9.89. The molecule has 1 amide bonds. The third-order valence-corrected chi connectivity index (χ3v) is 4.39. The molecule has 0 aromatic heterocycles. The van der Waals surface area contributed by atoms with E-state index in [1.54, 1.807) is 11.9 Å². The maximum Gasteiger partial charge on any atom is 0.410 e. The van der Waals surface area contributed by atoms with Crippen LogP contribution in [0.5, 0.6) is 0 Å². The highest BCUT2D eigenvalue weighted by Gasteiger charge is 2.31. The molecule has 5 heteroatoms. The molecule has 1 saturated heterocycles. The zero-order valence-corrected chi connectivity index (χ0v) is 16.1. The number of carbonyl (C=O) groups excluding carboxylic acids is 1. The van der Waals surface area contributed by atoms with Crippen LogP contribution in [0.4, 0.5) is 4.79 Å². The van der Waals surface area contributed by atoms with Crippen molar-refractivity contribution in [2.75, 3.05) is 26.7 Å². The molecular formula is C18H36N2O3. The Balaban J connectivity index is 2.33. The zero-order valence-electron chi connectivity index (χ0n) is 16.1. The van der Waals surface area contributed by atoms with Crippen LogP contribution in [0.15, 0.2) is 0 Å². The quantitative estimate of drug-likeness (QED) is 0.811. The second-order valence-electron chi connectivity index (χ2n) is 8.22. The number of carbonyl (C=O) groups is 1. The van der Waals surface area contributed by atoms with E-state index in [2.05, 4.69) is 26.1 Å². The molecule has 136 valence electrons. The van der Waals surface area contributed by atoms with Crippen LogP contribution in [-0.2, 0) is 9.47 Å². The first-order valence-corrected chi connectivity index (χ1v) is 8.86. The molecule has 23 heavy (non-hydrogen) atoms. The molecule has 1 heterocycles. The first kappa shape index (κ1) is 20.2. The van der Waals surface area contributed by atoms with Gasteiger partial charge in [0.05, 0.1) is 5.60 Å². The van der Waals surface area contributed by atoms with Gasteiger partial charge >= 0.3 is 6.09 Å². The van der Waals surface area contributed by atoms with Crippen LogP contribution in [0.25, 0.3) is 0 Å². The fourth-order valence-electron chi connectivity index (χ4n) is 2.86. The number of nitrogens with one attached hydrogen (secondary N) is 1. The normalized spacial score (nSPS) is 26.7. The molecule has 1 fully saturated rings. The zero-order chi connectivity index (χ0) is 17.7. The van der Waals surface area contributed by atoms with Crippen molar-refractivity contribution in [2.24, 2.45) is 5.92 Å². The Kier molecular flexibility index (Phi) is 7.33. The SMILES string of the molecule is CCC1(C)CC(NCC(C)CN(C)C(=O)OC(C)(C)C)CCO1. The number of nitrogens with zero attached hydrogens (tertiary/aromatic N) is 1. The van der Waals surface area contributed by atoms with Gasteiger partial charge in [0.15, 0.2) is 0 Å². The van der Waals surface area contributed by atoms with Crippen LogP contribution < -0.4 is 5.32 Å². The average Bonchev–Trinajstić information content (AvgIpc) is 2.43. The van der Waals surface area contributed by atoms with Gasteiger partial charge in [0.25, 0.3) is 0 Å².